The molecule has 5 N–H and O–H groups in total. The third kappa shape index (κ3) is 6.11. The smallest absolute Gasteiger partial charge is 0.227 e. The molecular weight excluding hydrogens is 588 g/mol. The van der Waals surface area contributed by atoms with E-state index in [9.17, 15) is 9.59 Å². The van der Waals surface area contributed by atoms with Gasteiger partial charge in [0.1, 0.15) is 22.4 Å². The van der Waals surface area contributed by atoms with Crippen LogP contribution in [0.2, 0.25) is 5.02 Å². The fraction of sp³-hybridized carbons (Fsp3) is 0.483. The largest absolute Gasteiger partial charge is 0.369 e. The number of hydrogen-bond donors (Lipinski definition) is 3. The maximum Gasteiger partial charge on any atom is 0.227 e. The molecule has 2 aliphatic heterocycles. The zero-order chi connectivity index (χ0) is 30.1. The summed E-state index contributed by atoms with van der Waals surface area (Å²) in [5.41, 5.74) is 11.8. The third-order valence-corrected chi connectivity index (χ3v) is 10.6. The minimum Gasteiger partial charge on any atom is -0.369 e. The highest BCUT2D eigenvalue weighted by atomic mass is 35.5. The summed E-state index contributed by atoms with van der Waals surface area (Å²) in [6.45, 7) is 4.88. The van der Waals surface area contributed by atoms with Crippen molar-refractivity contribution in [1.82, 2.24) is 24.9 Å². The number of primary amides is 1. The predicted octanol–water partition coefficient (Wildman–Crippen LogP) is 3.43. The average molecular weight is 623 g/mol. The molecule has 5 heterocycles. The van der Waals surface area contributed by atoms with Crippen LogP contribution >= 0.6 is 23.4 Å². The van der Waals surface area contributed by atoms with Crippen molar-refractivity contribution in [1.29, 1.82) is 0 Å². The number of hydrogen-bond acceptors (Lipinski definition) is 12. The molecule has 1 aliphatic carbocycles. The van der Waals surface area contributed by atoms with Gasteiger partial charge in [0, 0.05) is 67.8 Å². The molecule has 3 aromatic heterocycles. The van der Waals surface area contributed by atoms with Crippen LogP contribution in [0.4, 0.5) is 23.4 Å². The predicted molar refractivity (Wildman–Crippen MR) is 165 cm³/mol. The highest BCUT2D eigenvalue weighted by Gasteiger charge is 2.50. The number of halogens is 1. The van der Waals surface area contributed by atoms with Crippen LogP contribution in [0.1, 0.15) is 39.0 Å². The summed E-state index contributed by atoms with van der Waals surface area (Å²) in [5.74, 6) is 2.28. The van der Waals surface area contributed by atoms with Gasteiger partial charge in [-0.2, -0.15) is 4.98 Å². The number of carbonyl (C=O) groups excluding carboxylic acids is 2. The second kappa shape index (κ2) is 12.2. The van der Waals surface area contributed by atoms with Crippen LogP contribution in [0.3, 0.4) is 0 Å². The van der Waals surface area contributed by atoms with Gasteiger partial charge in [-0.15, -0.1) is 0 Å². The Bertz CT molecular complexity index is 1490. The fourth-order valence-electron chi connectivity index (χ4n) is 6.33. The van der Waals surface area contributed by atoms with Gasteiger partial charge in [-0.1, -0.05) is 30.3 Å². The van der Waals surface area contributed by atoms with Gasteiger partial charge in [0.05, 0.1) is 17.4 Å². The number of Topliss-reactive ketones (excluding diaryl/α,β-unsaturated/α-hetero) is 1. The minimum atomic E-state index is -0.254. The van der Waals surface area contributed by atoms with E-state index in [0.29, 0.717) is 60.0 Å². The topological polar surface area (TPSA) is 169 Å². The number of nitrogens with two attached hydrogens (primary N) is 2. The maximum atomic E-state index is 12.3. The van der Waals surface area contributed by atoms with Crippen LogP contribution in [0.15, 0.2) is 46.8 Å². The lowest BCUT2D eigenvalue weighted by atomic mass is 9.73. The molecule has 3 aliphatic rings. The molecule has 0 radical (unpaired) electrons. The molecule has 12 nitrogen and oxygen atoms in total. The summed E-state index contributed by atoms with van der Waals surface area (Å²) in [6.07, 6.45) is 10.6. The van der Waals surface area contributed by atoms with Gasteiger partial charge >= 0.3 is 0 Å². The Morgan fingerprint density at radius 3 is 2.44 bits per heavy atom. The zero-order valence-corrected chi connectivity index (χ0v) is 25.5. The van der Waals surface area contributed by atoms with Crippen molar-refractivity contribution in [3.8, 4) is 0 Å². The molecule has 0 unspecified atom stereocenters. The highest BCUT2D eigenvalue weighted by molar-refractivity contribution is 7.99. The number of piperidine rings is 2. The number of anilines is 4. The van der Waals surface area contributed by atoms with Gasteiger partial charge in [-0.3, -0.25) is 9.59 Å². The molecule has 14 heteroatoms. The van der Waals surface area contributed by atoms with Crippen LogP contribution in [-0.4, -0.2) is 68.8 Å². The van der Waals surface area contributed by atoms with E-state index in [1.165, 1.54) is 11.8 Å². The summed E-state index contributed by atoms with van der Waals surface area (Å²) in [7, 11) is 0. The Morgan fingerprint density at radius 2 is 1.79 bits per heavy atom. The first kappa shape index (κ1) is 29.5. The van der Waals surface area contributed by atoms with E-state index in [0.717, 1.165) is 36.6 Å². The van der Waals surface area contributed by atoms with E-state index < -0.39 is 0 Å². The van der Waals surface area contributed by atoms with Crippen LogP contribution in [0.25, 0.3) is 0 Å². The van der Waals surface area contributed by atoms with Crippen molar-refractivity contribution in [3.05, 3.63) is 41.9 Å². The molecule has 43 heavy (non-hydrogen) atoms. The number of amides is 1. The molecule has 1 saturated carbocycles. The maximum absolute atomic E-state index is 12.3. The van der Waals surface area contributed by atoms with Gasteiger partial charge in [-0.05, 0) is 43.2 Å². The van der Waals surface area contributed by atoms with Crippen LogP contribution in [0.5, 0.6) is 0 Å². The van der Waals surface area contributed by atoms with Gasteiger partial charge in [0.2, 0.25) is 11.9 Å². The van der Waals surface area contributed by atoms with Crippen molar-refractivity contribution < 1.29 is 9.59 Å². The van der Waals surface area contributed by atoms with Gasteiger partial charge < -0.3 is 26.6 Å². The molecule has 0 bridgehead atoms. The fourth-order valence-corrected chi connectivity index (χ4v) is 7.36. The number of nitrogens with one attached hydrogen (secondary N) is 1. The van der Waals surface area contributed by atoms with Crippen molar-refractivity contribution in [2.45, 2.75) is 55.0 Å². The lowest BCUT2D eigenvalue weighted by molar-refractivity contribution is -0.122. The second-order valence-electron chi connectivity index (χ2n) is 11.6. The Hall–Kier alpha value is -3.55. The Kier molecular flexibility index (Phi) is 8.38. The standard InChI is InChI=1S/C29H35ClN10O2S/c1-17-19(41)14-29(25(17)31)6-12-39(13-7-29)22-15-36-23(16-35-22)43-20-2-8-33-27(24(20)30)37-21-3-9-34-28(38-21)40-10-4-18(5-11-40)26(32)42/h2-3,8-9,15-18,25H,4-7,10-14,31H2,1H3,(H2,32,42)(H,33,34,37,38)/t17-,25+/m1/s1. The monoisotopic (exact) mass is 622 g/mol. The Balaban J connectivity index is 1.08. The van der Waals surface area contributed by atoms with Crippen LogP contribution in [-0.2, 0) is 9.59 Å². The lowest BCUT2D eigenvalue weighted by Gasteiger charge is -2.42. The first-order chi connectivity index (χ1) is 20.7. The molecule has 3 fully saturated rings. The summed E-state index contributed by atoms with van der Waals surface area (Å²) in [6, 6.07) is 3.52. The third-order valence-electron chi connectivity index (χ3n) is 9.12. The number of pyridine rings is 1. The second-order valence-corrected chi connectivity index (χ2v) is 13.1. The van der Waals surface area contributed by atoms with E-state index in [1.54, 1.807) is 30.9 Å². The Labute approximate surface area is 259 Å². The van der Waals surface area contributed by atoms with Crippen molar-refractivity contribution in [3.63, 3.8) is 0 Å². The quantitative estimate of drug-likeness (QED) is 0.351. The number of ketones is 1. The Morgan fingerprint density at radius 1 is 1.05 bits per heavy atom. The minimum absolute atomic E-state index is 0.0598. The van der Waals surface area contributed by atoms with Gasteiger partial charge in [-0.25, -0.2) is 19.9 Å². The number of nitrogens with zero attached hydrogens (tertiary/aromatic N) is 7. The molecule has 3 aromatic rings. The van der Waals surface area contributed by atoms with E-state index in [2.05, 4.69) is 35.1 Å². The van der Waals surface area contributed by atoms with E-state index in [-0.39, 0.29) is 35.0 Å². The number of carbonyl (C=O) groups is 2. The molecule has 0 aromatic carbocycles. The molecule has 2 saturated heterocycles. The molecule has 1 spiro atoms. The highest BCUT2D eigenvalue weighted by Crippen LogP contribution is 2.46. The average Bonchev–Trinajstić information content (AvgIpc) is 3.23. The first-order valence-electron chi connectivity index (χ1n) is 14.5. The summed E-state index contributed by atoms with van der Waals surface area (Å²) >= 11 is 8.16. The van der Waals surface area contributed by atoms with Crippen molar-refractivity contribution in [2.24, 2.45) is 28.7 Å². The number of aromatic nitrogens is 5. The van der Waals surface area contributed by atoms with Gasteiger partial charge in [0.25, 0.3) is 0 Å². The number of rotatable bonds is 7. The molecule has 2 atom stereocenters. The van der Waals surface area contributed by atoms with E-state index in [1.807, 2.05) is 17.9 Å². The van der Waals surface area contributed by atoms with Crippen LogP contribution in [0, 0.1) is 17.3 Å². The molecular formula is C29H35ClN10O2S. The van der Waals surface area contributed by atoms with Gasteiger partial charge in [0.15, 0.2) is 5.82 Å². The van der Waals surface area contributed by atoms with Crippen molar-refractivity contribution in [2.75, 3.05) is 41.3 Å². The first-order valence-corrected chi connectivity index (χ1v) is 15.7. The lowest BCUT2D eigenvalue weighted by Crippen LogP contribution is -2.48. The molecule has 6 rings (SSSR count). The molecule has 1 amide bonds. The molecule has 226 valence electrons. The SMILES string of the molecule is C[C@@H]1C(=O)CC2(CCN(c3cnc(Sc4ccnc(Nc5ccnc(N6CCC(C(N)=O)CC6)n5)c4Cl)cn3)CC2)[C@H]1N. The summed E-state index contributed by atoms with van der Waals surface area (Å²) in [5, 5.41) is 4.35. The zero-order valence-electron chi connectivity index (χ0n) is 23.9. The van der Waals surface area contributed by atoms with Crippen molar-refractivity contribution >= 4 is 58.5 Å². The van der Waals surface area contributed by atoms with E-state index in [4.69, 9.17) is 23.1 Å². The van der Waals surface area contributed by atoms with Crippen LogP contribution < -0.4 is 26.6 Å². The summed E-state index contributed by atoms with van der Waals surface area (Å²) < 4.78 is 0. The normalized spacial score (nSPS) is 22.3. The summed E-state index contributed by atoms with van der Waals surface area (Å²) in [4.78, 5) is 51.6. The van der Waals surface area contributed by atoms with E-state index >= 15 is 0 Å².